The monoisotopic (exact) mass is 429 g/mol. The van der Waals surface area contributed by atoms with Crippen molar-refractivity contribution in [3.8, 4) is 6.07 Å². The molecule has 2 unspecified atom stereocenters. The Bertz CT molecular complexity index is 856. The van der Waals surface area contributed by atoms with E-state index < -0.39 is 41.2 Å². The van der Waals surface area contributed by atoms with Gasteiger partial charge in [0.1, 0.15) is 17.7 Å². The van der Waals surface area contributed by atoms with Crippen LogP contribution in [0.1, 0.15) is 46.6 Å². The zero-order valence-electron chi connectivity index (χ0n) is 19.0. The van der Waals surface area contributed by atoms with Gasteiger partial charge in [-0.25, -0.2) is 9.59 Å². The number of hydrogen-bond donors (Lipinski definition) is 1. The molecule has 1 aromatic rings. The van der Waals surface area contributed by atoms with E-state index in [1.54, 1.807) is 20.8 Å². The molecule has 8 nitrogen and oxygen atoms in total. The number of ether oxygens (including phenoxy) is 2. The first-order valence-electron chi connectivity index (χ1n) is 10.3. The Balaban J connectivity index is 2.29. The summed E-state index contributed by atoms with van der Waals surface area (Å²) in [5.41, 5.74) is -1.68. The molecule has 1 N–H and O–H groups in total. The number of nitrogens with zero attached hydrogens (tertiary/aromatic N) is 2. The van der Waals surface area contributed by atoms with Gasteiger partial charge in [-0.15, -0.1) is 0 Å². The maximum Gasteiger partial charge on any atom is 0.412 e. The van der Waals surface area contributed by atoms with E-state index >= 15 is 0 Å². The Morgan fingerprint density at radius 3 is 2.32 bits per heavy atom. The van der Waals surface area contributed by atoms with E-state index in [4.69, 9.17) is 9.47 Å². The van der Waals surface area contributed by atoms with E-state index in [1.807, 2.05) is 50.2 Å². The van der Waals surface area contributed by atoms with E-state index in [-0.39, 0.29) is 12.3 Å². The summed E-state index contributed by atoms with van der Waals surface area (Å²) in [5.74, 6) is -1.20. The lowest BCUT2D eigenvalue weighted by Gasteiger charge is -2.21. The number of nitriles is 1. The molecule has 0 aliphatic carbocycles. The van der Waals surface area contributed by atoms with Crippen LogP contribution in [0.3, 0.4) is 0 Å². The highest BCUT2D eigenvalue weighted by Crippen LogP contribution is 2.46. The summed E-state index contributed by atoms with van der Waals surface area (Å²) in [5, 5.41) is 12.6. The van der Waals surface area contributed by atoms with E-state index in [0.29, 0.717) is 6.42 Å². The number of benzene rings is 1. The molecule has 0 saturated carbocycles. The van der Waals surface area contributed by atoms with Crippen molar-refractivity contribution in [3.63, 3.8) is 0 Å². The molecule has 2 amide bonds. The van der Waals surface area contributed by atoms with Gasteiger partial charge in [0.2, 0.25) is 5.54 Å². The van der Waals surface area contributed by atoms with Gasteiger partial charge < -0.3 is 14.8 Å². The maximum absolute atomic E-state index is 13.3. The molecule has 1 aliphatic rings. The van der Waals surface area contributed by atoms with Crippen molar-refractivity contribution in [2.75, 3.05) is 7.11 Å². The van der Waals surface area contributed by atoms with Crippen LogP contribution in [0.5, 0.6) is 0 Å². The van der Waals surface area contributed by atoms with E-state index in [9.17, 15) is 19.6 Å². The summed E-state index contributed by atoms with van der Waals surface area (Å²) in [4.78, 5) is 39.5. The van der Waals surface area contributed by atoms with Crippen molar-refractivity contribution in [2.45, 2.75) is 70.7 Å². The van der Waals surface area contributed by atoms with Crippen LogP contribution in [0.2, 0.25) is 0 Å². The van der Waals surface area contributed by atoms with Crippen LogP contribution in [0, 0.1) is 17.2 Å². The van der Waals surface area contributed by atoms with E-state index in [1.165, 1.54) is 12.0 Å². The molecule has 0 bridgehead atoms. The fourth-order valence-corrected chi connectivity index (χ4v) is 3.55. The highest BCUT2D eigenvalue weighted by atomic mass is 16.6. The smallest absolute Gasteiger partial charge is 0.412 e. The third-order valence-corrected chi connectivity index (χ3v) is 4.98. The van der Waals surface area contributed by atoms with Crippen LogP contribution in [0.15, 0.2) is 30.3 Å². The van der Waals surface area contributed by atoms with Gasteiger partial charge in [0.05, 0.1) is 13.2 Å². The van der Waals surface area contributed by atoms with Crippen molar-refractivity contribution in [1.29, 1.82) is 5.26 Å². The quantitative estimate of drug-likeness (QED) is 0.527. The third-order valence-electron chi connectivity index (χ3n) is 4.98. The Hall–Kier alpha value is -3.08. The molecule has 1 fully saturated rings. The summed E-state index contributed by atoms with van der Waals surface area (Å²) >= 11 is 0. The van der Waals surface area contributed by atoms with Crippen molar-refractivity contribution in [1.82, 2.24) is 10.2 Å². The number of hydrogen-bond acceptors (Lipinski definition) is 6. The van der Waals surface area contributed by atoms with Gasteiger partial charge in [0.25, 0.3) is 5.91 Å². The molecule has 8 heteroatoms. The summed E-state index contributed by atoms with van der Waals surface area (Å²) in [6.45, 7) is 9.03. The zero-order valence-corrected chi connectivity index (χ0v) is 19.0. The SMILES string of the molecule is COC(=O)[C@H](Cc1ccccc1)NC(=O)C1(C#N)C(CC(C)C)N1C(=O)OC(C)(C)C. The van der Waals surface area contributed by atoms with Crippen molar-refractivity contribution >= 4 is 18.0 Å². The topological polar surface area (TPSA) is 109 Å². The molecule has 1 heterocycles. The largest absolute Gasteiger partial charge is 0.467 e. The predicted molar refractivity (Wildman–Crippen MR) is 114 cm³/mol. The maximum atomic E-state index is 13.3. The molecular weight excluding hydrogens is 398 g/mol. The number of methoxy groups -OCH3 is 1. The Morgan fingerprint density at radius 2 is 1.84 bits per heavy atom. The summed E-state index contributed by atoms with van der Waals surface area (Å²) in [6, 6.07) is 9.53. The minimum atomic E-state index is -1.73. The molecule has 1 saturated heterocycles. The van der Waals surface area contributed by atoms with Crippen molar-refractivity contribution < 1.29 is 23.9 Å². The second-order valence-electron chi connectivity index (χ2n) is 9.11. The van der Waals surface area contributed by atoms with Gasteiger partial charge in [-0.1, -0.05) is 44.2 Å². The lowest BCUT2D eigenvalue weighted by atomic mass is 9.97. The first kappa shape index (κ1) is 24.2. The molecule has 2 rings (SSSR count). The number of nitrogens with one attached hydrogen (secondary N) is 1. The Labute approximate surface area is 183 Å². The third kappa shape index (κ3) is 5.54. The van der Waals surface area contributed by atoms with Gasteiger partial charge in [-0.3, -0.25) is 9.69 Å². The van der Waals surface area contributed by atoms with Crippen LogP contribution >= 0.6 is 0 Å². The molecule has 0 radical (unpaired) electrons. The number of amides is 2. The van der Waals surface area contributed by atoms with Crippen LogP contribution in [-0.4, -0.2) is 53.2 Å². The first-order valence-corrected chi connectivity index (χ1v) is 10.3. The van der Waals surface area contributed by atoms with Crippen LogP contribution < -0.4 is 5.32 Å². The average molecular weight is 430 g/mol. The fourth-order valence-electron chi connectivity index (χ4n) is 3.55. The van der Waals surface area contributed by atoms with Gasteiger partial charge in [-0.05, 0) is 38.7 Å². The van der Waals surface area contributed by atoms with Crippen LogP contribution in [0.25, 0.3) is 0 Å². The molecule has 3 atom stereocenters. The second-order valence-corrected chi connectivity index (χ2v) is 9.11. The molecular formula is C23H31N3O5. The number of esters is 1. The lowest BCUT2D eigenvalue weighted by molar-refractivity contribution is -0.145. The minimum absolute atomic E-state index is 0.138. The summed E-state index contributed by atoms with van der Waals surface area (Å²) in [6.07, 6.45) is -0.0864. The molecule has 168 valence electrons. The Morgan fingerprint density at radius 1 is 1.23 bits per heavy atom. The van der Waals surface area contributed by atoms with Gasteiger partial charge >= 0.3 is 12.1 Å². The predicted octanol–water partition coefficient (Wildman–Crippen LogP) is 2.81. The average Bonchev–Trinajstić information content (AvgIpc) is 3.34. The van der Waals surface area contributed by atoms with Gasteiger partial charge in [0, 0.05) is 6.42 Å². The van der Waals surface area contributed by atoms with Crippen LogP contribution in [-0.2, 0) is 25.5 Å². The molecule has 0 aromatic heterocycles. The standard InChI is InChI=1S/C23H31N3O5/c1-15(2)12-18-23(14-24,26(18)21(29)31-22(3,4)5)20(28)25-17(19(27)30-6)13-16-10-8-7-9-11-16/h7-11,15,17-18H,12-13H2,1-6H3,(H,25,28)/t17-,18?,23?,26?/m0/s1. The highest BCUT2D eigenvalue weighted by molar-refractivity contribution is 6.01. The van der Waals surface area contributed by atoms with Gasteiger partial charge in [0.15, 0.2) is 0 Å². The second kappa shape index (κ2) is 9.38. The number of carbonyl (C=O) groups is 3. The normalized spacial score (nSPS) is 21.1. The van der Waals surface area contributed by atoms with E-state index in [2.05, 4.69) is 5.32 Å². The van der Waals surface area contributed by atoms with Crippen molar-refractivity contribution in [3.05, 3.63) is 35.9 Å². The minimum Gasteiger partial charge on any atom is -0.467 e. The molecule has 1 aromatic carbocycles. The first-order chi connectivity index (χ1) is 14.5. The highest BCUT2D eigenvalue weighted by Gasteiger charge is 2.72. The van der Waals surface area contributed by atoms with E-state index in [0.717, 1.165) is 5.56 Å². The molecule has 31 heavy (non-hydrogen) atoms. The Kier molecular flexibility index (Phi) is 7.32. The summed E-state index contributed by atoms with van der Waals surface area (Å²) in [7, 11) is 1.23. The van der Waals surface area contributed by atoms with Crippen LogP contribution in [0.4, 0.5) is 4.79 Å². The van der Waals surface area contributed by atoms with Gasteiger partial charge in [-0.2, -0.15) is 5.26 Å². The number of rotatable bonds is 7. The fraction of sp³-hybridized carbons (Fsp3) is 0.565. The molecule has 1 aliphatic heterocycles. The number of carbonyl (C=O) groups excluding carboxylic acids is 3. The lowest BCUT2D eigenvalue weighted by Crippen LogP contribution is -2.50. The zero-order chi connectivity index (χ0) is 23.4. The van der Waals surface area contributed by atoms with Crippen molar-refractivity contribution in [2.24, 2.45) is 5.92 Å². The molecule has 0 spiro atoms. The summed E-state index contributed by atoms with van der Waals surface area (Å²) < 4.78 is 10.3.